The molecule has 9 heteroatoms. The van der Waals surface area contributed by atoms with E-state index in [1.54, 1.807) is 18.2 Å². The molecule has 0 saturated carbocycles. The Labute approximate surface area is 138 Å². The van der Waals surface area contributed by atoms with Gasteiger partial charge in [-0.2, -0.15) is 13.2 Å². The smallest absolute Gasteiger partial charge is 0.401 e. The minimum Gasteiger partial charge on any atom is -0.490 e. The van der Waals surface area contributed by atoms with Crippen LogP contribution in [0.25, 0.3) is 0 Å². The maximum Gasteiger partial charge on any atom is 0.401 e. The third kappa shape index (κ3) is 6.15. The molecule has 1 aliphatic rings. The fourth-order valence-electron chi connectivity index (χ4n) is 2.15. The predicted octanol–water partition coefficient (Wildman–Crippen LogP) is 2.07. The minimum absolute atomic E-state index is 0.130. The molecule has 6 nitrogen and oxygen atoms in total. The molecule has 2 rings (SSSR count). The summed E-state index contributed by atoms with van der Waals surface area (Å²) >= 11 is 0. The molecule has 1 aromatic carbocycles. The normalized spacial score (nSPS) is 15.3. The van der Waals surface area contributed by atoms with Gasteiger partial charge in [0.05, 0.1) is 26.3 Å². The lowest BCUT2D eigenvalue weighted by atomic mass is 10.3. The average molecular weight is 346 g/mol. The molecule has 0 aliphatic carbocycles. The molecule has 0 radical (unpaired) electrons. The number of guanidine groups is 1. The first-order valence-electron chi connectivity index (χ1n) is 7.55. The summed E-state index contributed by atoms with van der Waals surface area (Å²) in [5.74, 6) is 1.42. The topological polar surface area (TPSA) is 72.1 Å². The molecule has 1 aromatic rings. The van der Waals surface area contributed by atoms with Gasteiger partial charge in [0.15, 0.2) is 17.5 Å². The molecule has 0 unspecified atom stereocenters. The number of nitrogens with two attached hydrogens (primary N) is 1. The van der Waals surface area contributed by atoms with E-state index in [0.29, 0.717) is 30.4 Å². The van der Waals surface area contributed by atoms with Crippen molar-refractivity contribution < 1.29 is 22.6 Å². The Hall–Kier alpha value is -2.16. The lowest BCUT2D eigenvalue weighted by molar-refractivity contribution is -0.142. The zero-order chi connectivity index (χ0) is 17.6. The largest absolute Gasteiger partial charge is 0.490 e. The highest BCUT2D eigenvalue weighted by atomic mass is 19.4. The number of aliphatic imine (C=N–C) groups is 1. The van der Waals surface area contributed by atoms with Gasteiger partial charge in [0, 0.05) is 24.7 Å². The second-order valence-electron chi connectivity index (χ2n) is 5.46. The van der Waals surface area contributed by atoms with E-state index in [1.165, 1.54) is 7.05 Å². The molecule has 0 saturated heterocycles. The van der Waals surface area contributed by atoms with Crippen molar-refractivity contribution in [1.29, 1.82) is 0 Å². The maximum absolute atomic E-state index is 12.2. The van der Waals surface area contributed by atoms with E-state index in [0.717, 1.165) is 11.3 Å². The van der Waals surface area contributed by atoms with Crippen molar-refractivity contribution in [2.75, 3.05) is 45.2 Å². The molecule has 0 spiro atoms. The van der Waals surface area contributed by atoms with Crippen LogP contribution in [0.3, 0.4) is 0 Å². The molecule has 0 bridgehead atoms. The van der Waals surface area contributed by atoms with E-state index in [-0.39, 0.29) is 19.0 Å². The Bertz CT molecular complexity index is 578. The monoisotopic (exact) mass is 346 g/mol. The zero-order valence-electron chi connectivity index (χ0n) is 13.4. The van der Waals surface area contributed by atoms with Crippen molar-refractivity contribution in [3.63, 3.8) is 0 Å². The minimum atomic E-state index is -4.22. The van der Waals surface area contributed by atoms with Crippen LogP contribution in [0.4, 0.5) is 18.9 Å². The number of benzene rings is 1. The van der Waals surface area contributed by atoms with E-state index >= 15 is 0 Å². The average Bonchev–Trinajstić information content (AvgIpc) is 2.70. The Morgan fingerprint density at radius 3 is 2.71 bits per heavy atom. The number of nitrogens with zero attached hydrogens (tertiary/aromatic N) is 2. The maximum atomic E-state index is 12.2. The number of anilines is 1. The summed E-state index contributed by atoms with van der Waals surface area (Å²) in [6, 6.07) is 5.29. The van der Waals surface area contributed by atoms with E-state index in [4.69, 9.17) is 15.2 Å². The summed E-state index contributed by atoms with van der Waals surface area (Å²) < 4.78 is 47.7. The van der Waals surface area contributed by atoms with Gasteiger partial charge in [-0.25, -0.2) is 0 Å². The summed E-state index contributed by atoms with van der Waals surface area (Å²) in [4.78, 5) is 5.17. The van der Waals surface area contributed by atoms with E-state index in [1.807, 2.05) is 0 Å². The van der Waals surface area contributed by atoms with Gasteiger partial charge in [0.2, 0.25) is 0 Å². The Kier molecular flexibility index (Phi) is 6.13. The fourth-order valence-corrected chi connectivity index (χ4v) is 2.15. The van der Waals surface area contributed by atoms with Gasteiger partial charge < -0.3 is 20.5 Å². The van der Waals surface area contributed by atoms with Gasteiger partial charge in [-0.3, -0.25) is 9.89 Å². The van der Waals surface area contributed by atoms with Gasteiger partial charge in [-0.05, 0) is 19.2 Å². The SMILES string of the molecule is CN(CCN=C(N)Nc1ccc2c(c1)OCCCO2)CC(F)(F)F. The van der Waals surface area contributed by atoms with Crippen LogP contribution in [-0.2, 0) is 0 Å². The fraction of sp³-hybridized carbons (Fsp3) is 0.533. The van der Waals surface area contributed by atoms with Crippen molar-refractivity contribution in [3.05, 3.63) is 18.2 Å². The van der Waals surface area contributed by atoms with E-state index < -0.39 is 12.7 Å². The number of hydrogen-bond acceptors (Lipinski definition) is 4. The van der Waals surface area contributed by atoms with E-state index in [2.05, 4.69) is 10.3 Å². The second kappa shape index (κ2) is 8.09. The molecule has 1 heterocycles. The number of hydrogen-bond donors (Lipinski definition) is 2. The number of halogens is 3. The number of ether oxygens (including phenoxy) is 2. The highest BCUT2D eigenvalue weighted by molar-refractivity contribution is 5.92. The third-order valence-corrected chi connectivity index (χ3v) is 3.23. The lowest BCUT2D eigenvalue weighted by Gasteiger charge is -2.17. The molecular weight excluding hydrogens is 325 g/mol. The van der Waals surface area contributed by atoms with Gasteiger partial charge >= 0.3 is 6.18 Å². The molecule has 0 atom stereocenters. The quantitative estimate of drug-likeness (QED) is 0.631. The van der Waals surface area contributed by atoms with Crippen molar-refractivity contribution in [1.82, 2.24) is 4.90 Å². The van der Waals surface area contributed by atoms with Crippen LogP contribution in [0.2, 0.25) is 0 Å². The van der Waals surface area contributed by atoms with Crippen LogP contribution in [-0.4, -0.2) is 56.9 Å². The van der Waals surface area contributed by atoms with Crippen LogP contribution in [0.1, 0.15) is 6.42 Å². The molecule has 3 N–H and O–H groups in total. The van der Waals surface area contributed by atoms with Crippen molar-refractivity contribution in [3.8, 4) is 11.5 Å². The number of alkyl halides is 3. The number of rotatable bonds is 5. The third-order valence-electron chi connectivity index (χ3n) is 3.23. The Morgan fingerprint density at radius 1 is 1.29 bits per heavy atom. The first-order chi connectivity index (χ1) is 11.3. The summed E-state index contributed by atoms with van der Waals surface area (Å²) in [5.41, 5.74) is 6.42. The molecule has 24 heavy (non-hydrogen) atoms. The standard InChI is InChI=1S/C15H21F3N4O2/c1-22(10-15(16,17)18)6-5-20-14(19)21-11-3-4-12-13(9-11)24-8-2-7-23-12/h3-4,9H,2,5-8,10H2,1H3,(H3,19,20,21). The van der Waals surface area contributed by atoms with Crippen molar-refractivity contribution in [2.45, 2.75) is 12.6 Å². The van der Waals surface area contributed by atoms with Gasteiger partial charge in [-0.15, -0.1) is 0 Å². The molecule has 0 fully saturated rings. The summed E-state index contributed by atoms with van der Waals surface area (Å²) in [6.07, 6.45) is -3.40. The van der Waals surface area contributed by atoms with E-state index in [9.17, 15) is 13.2 Å². The molecule has 1 aliphatic heterocycles. The van der Waals surface area contributed by atoms with Gasteiger partial charge in [0.1, 0.15) is 0 Å². The Balaban J connectivity index is 1.85. The van der Waals surface area contributed by atoms with Crippen LogP contribution in [0.5, 0.6) is 11.5 Å². The van der Waals surface area contributed by atoms with Gasteiger partial charge in [0.25, 0.3) is 0 Å². The van der Waals surface area contributed by atoms with Crippen molar-refractivity contribution in [2.24, 2.45) is 10.7 Å². The Morgan fingerprint density at radius 2 is 2.00 bits per heavy atom. The highest BCUT2D eigenvalue weighted by Gasteiger charge is 2.28. The lowest BCUT2D eigenvalue weighted by Crippen LogP contribution is -2.33. The first-order valence-corrected chi connectivity index (χ1v) is 7.55. The number of nitrogens with one attached hydrogen (secondary N) is 1. The van der Waals surface area contributed by atoms with Crippen LogP contribution >= 0.6 is 0 Å². The molecule has 0 aromatic heterocycles. The molecule has 134 valence electrons. The molecular formula is C15H21F3N4O2. The highest BCUT2D eigenvalue weighted by Crippen LogP contribution is 2.32. The summed E-state index contributed by atoms with van der Waals surface area (Å²) in [5, 5.41) is 2.89. The second-order valence-corrected chi connectivity index (χ2v) is 5.46. The zero-order valence-corrected chi connectivity index (χ0v) is 13.4. The van der Waals surface area contributed by atoms with Crippen LogP contribution < -0.4 is 20.5 Å². The van der Waals surface area contributed by atoms with Gasteiger partial charge in [-0.1, -0.05) is 0 Å². The summed E-state index contributed by atoms with van der Waals surface area (Å²) in [6.45, 7) is 0.525. The van der Waals surface area contributed by atoms with Crippen LogP contribution in [0.15, 0.2) is 23.2 Å². The molecule has 0 amide bonds. The summed E-state index contributed by atoms with van der Waals surface area (Å²) in [7, 11) is 1.39. The predicted molar refractivity (Wildman–Crippen MR) is 85.7 cm³/mol. The number of fused-ring (bicyclic) bond motifs is 1. The first kappa shape index (κ1) is 18.2. The van der Waals surface area contributed by atoms with Crippen LogP contribution in [0, 0.1) is 0 Å². The van der Waals surface area contributed by atoms with Crippen molar-refractivity contribution >= 4 is 11.6 Å². The number of likely N-dealkylation sites (N-methyl/N-ethyl adjacent to an activating group) is 1.